The van der Waals surface area contributed by atoms with Crippen molar-refractivity contribution >= 4 is 23.9 Å². The Morgan fingerprint density at radius 3 is 2.56 bits per heavy atom. The number of hydrogen-bond acceptors (Lipinski definition) is 6. The fourth-order valence-electron chi connectivity index (χ4n) is 4.10. The number of aromatic nitrogens is 3. The predicted octanol–water partition coefficient (Wildman–Crippen LogP) is 5.40. The van der Waals surface area contributed by atoms with Crippen LogP contribution in [0.15, 0.2) is 58.8 Å². The SMILES string of the molecule is CCOc1ccc(/C=N/NC(=O)CSc2nnc(-c3ccc(C)cc3)n2C2CCCCC2)cc1. The van der Waals surface area contributed by atoms with Gasteiger partial charge in [0.2, 0.25) is 0 Å². The van der Waals surface area contributed by atoms with Crippen molar-refractivity contribution in [2.24, 2.45) is 5.10 Å². The summed E-state index contributed by atoms with van der Waals surface area (Å²) >= 11 is 1.41. The first-order chi connectivity index (χ1) is 16.6. The van der Waals surface area contributed by atoms with E-state index in [9.17, 15) is 4.79 Å². The van der Waals surface area contributed by atoms with Gasteiger partial charge in [0, 0.05) is 11.6 Å². The van der Waals surface area contributed by atoms with Crippen LogP contribution >= 0.6 is 11.8 Å². The van der Waals surface area contributed by atoms with Crippen LogP contribution < -0.4 is 10.2 Å². The van der Waals surface area contributed by atoms with Crippen molar-refractivity contribution in [3.05, 3.63) is 59.7 Å². The summed E-state index contributed by atoms with van der Waals surface area (Å²) in [6, 6.07) is 16.3. The minimum Gasteiger partial charge on any atom is -0.494 e. The number of aryl methyl sites for hydroxylation is 1. The van der Waals surface area contributed by atoms with Crippen molar-refractivity contribution in [3.63, 3.8) is 0 Å². The van der Waals surface area contributed by atoms with Gasteiger partial charge in [-0.1, -0.05) is 60.9 Å². The number of hydrazone groups is 1. The number of benzene rings is 2. The molecular weight excluding hydrogens is 446 g/mol. The van der Waals surface area contributed by atoms with Crippen molar-refractivity contribution in [2.75, 3.05) is 12.4 Å². The molecule has 34 heavy (non-hydrogen) atoms. The zero-order valence-corrected chi connectivity index (χ0v) is 20.6. The number of thioether (sulfide) groups is 1. The Morgan fingerprint density at radius 2 is 1.85 bits per heavy atom. The Kier molecular flexibility index (Phi) is 8.36. The van der Waals surface area contributed by atoms with Gasteiger partial charge in [-0.15, -0.1) is 10.2 Å². The van der Waals surface area contributed by atoms with Crippen LogP contribution in [0.1, 0.15) is 56.2 Å². The molecule has 0 unspecified atom stereocenters. The highest BCUT2D eigenvalue weighted by molar-refractivity contribution is 7.99. The maximum absolute atomic E-state index is 12.4. The van der Waals surface area contributed by atoms with Crippen molar-refractivity contribution in [2.45, 2.75) is 57.1 Å². The third kappa shape index (κ3) is 6.26. The van der Waals surface area contributed by atoms with E-state index in [4.69, 9.17) is 4.74 Å². The third-order valence-corrected chi connectivity index (χ3v) is 6.78. The lowest BCUT2D eigenvalue weighted by Gasteiger charge is -2.25. The van der Waals surface area contributed by atoms with Crippen molar-refractivity contribution < 1.29 is 9.53 Å². The van der Waals surface area contributed by atoms with Crippen LogP contribution in [0.4, 0.5) is 0 Å². The van der Waals surface area contributed by atoms with Crippen molar-refractivity contribution in [3.8, 4) is 17.1 Å². The molecule has 0 spiro atoms. The van der Waals surface area contributed by atoms with Crippen LogP contribution in [0.5, 0.6) is 5.75 Å². The van der Waals surface area contributed by atoms with Crippen LogP contribution in [0.2, 0.25) is 0 Å². The highest BCUT2D eigenvalue weighted by Gasteiger charge is 2.24. The second-order valence-electron chi connectivity index (χ2n) is 8.42. The number of nitrogens with one attached hydrogen (secondary N) is 1. The van der Waals surface area contributed by atoms with Crippen LogP contribution in [0, 0.1) is 6.92 Å². The van der Waals surface area contributed by atoms with Gasteiger partial charge in [0.25, 0.3) is 5.91 Å². The fourth-order valence-corrected chi connectivity index (χ4v) is 4.90. The zero-order valence-electron chi connectivity index (χ0n) is 19.7. The Hall–Kier alpha value is -3.13. The van der Waals surface area contributed by atoms with Crippen LogP contribution in [-0.2, 0) is 4.79 Å². The number of carbonyl (C=O) groups is 1. The molecule has 3 aromatic rings. The molecule has 2 aromatic carbocycles. The topological polar surface area (TPSA) is 81.4 Å². The van der Waals surface area contributed by atoms with Gasteiger partial charge in [-0.25, -0.2) is 5.43 Å². The van der Waals surface area contributed by atoms with E-state index < -0.39 is 0 Å². The summed E-state index contributed by atoms with van der Waals surface area (Å²) in [4.78, 5) is 12.4. The van der Waals surface area contributed by atoms with E-state index in [-0.39, 0.29) is 11.7 Å². The Bertz CT molecular complexity index is 1100. The first-order valence-corrected chi connectivity index (χ1v) is 12.8. The standard InChI is InChI=1S/C26H31N5O2S/c1-3-33-23-15-11-20(12-16-23)17-27-28-24(32)18-34-26-30-29-25(21-13-9-19(2)10-14-21)31(26)22-7-5-4-6-8-22/h9-17,22H,3-8,18H2,1-2H3,(H,28,32)/b27-17+. The first-order valence-electron chi connectivity index (χ1n) is 11.8. The largest absolute Gasteiger partial charge is 0.494 e. The molecule has 1 aromatic heterocycles. The number of amides is 1. The van der Waals surface area contributed by atoms with Gasteiger partial charge in [-0.3, -0.25) is 9.36 Å². The minimum absolute atomic E-state index is 0.178. The van der Waals surface area contributed by atoms with E-state index in [0.29, 0.717) is 12.6 Å². The summed E-state index contributed by atoms with van der Waals surface area (Å²) in [5.41, 5.74) is 5.76. The van der Waals surface area contributed by atoms with Crippen LogP contribution in [0.25, 0.3) is 11.4 Å². The van der Waals surface area contributed by atoms with Crippen molar-refractivity contribution in [1.82, 2.24) is 20.2 Å². The molecule has 7 nitrogen and oxygen atoms in total. The molecule has 0 atom stereocenters. The molecule has 1 fully saturated rings. The summed E-state index contributed by atoms with van der Waals surface area (Å²) in [5, 5.41) is 13.8. The number of rotatable bonds is 9. The van der Waals surface area contributed by atoms with E-state index in [2.05, 4.69) is 56.5 Å². The molecule has 0 aliphatic heterocycles. The molecule has 1 amide bonds. The lowest BCUT2D eigenvalue weighted by Crippen LogP contribution is -2.20. The molecule has 1 aliphatic rings. The smallest absolute Gasteiger partial charge is 0.250 e. The summed E-state index contributed by atoms with van der Waals surface area (Å²) in [5.74, 6) is 1.73. The summed E-state index contributed by atoms with van der Waals surface area (Å²) < 4.78 is 7.68. The molecule has 0 saturated heterocycles. The second kappa shape index (κ2) is 11.8. The average Bonchev–Trinajstić information content (AvgIpc) is 3.29. The summed E-state index contributed by atoms with van der Waals surface area (Å²) in [7, 11) is 0. The number of hydrogen-bond donors (Lipinski definition) is 1. The maximum atomic E-state index is 12.4. The molecule has 0 bridgehead atoms. The minimum atomic E-state index is -0.178. The number of carbonyl (C=O) groups excluding carboxylic acids is 1. The lowest BCUT2D eigenvalue weighted by atomic mass is 9.95. The molecular formula is C26H31N5O2S. The highest BCUT2D eigenvalue weighted by atomic mass is 32.2. The maximum Gasteiger partial charge on any atom is 0.250 e. The van der Waals surface area contributed by atoms with Crippen LogP contribution in [-0.4, -0.2) is 39.2 Å². The third-order valence-electron chi connectivity index (χ3n) is 5.84. The van der Waals surface area contributed by atoms with E-state index in [1.807, 2.05) is 31.2 Å². The quantitative estimate of drug-likeness (QED) is 0.254. The lowest BCUT2D eigenvalue weighted by molar-refractivity contribution is -0.118. The van der Waals surface area contributed by atoms with Gasteiger partial charge in [-0.05, 0) is 56.5 Å². The molecule has 8 heteroatoms. The summed E-state index contributed by atoms with van der Waals surface area (Å²) in [6.07, 6.45) is 7.54. The van der Waals surface area contributed by atoms with E-state index in [1.165, 1.54) is 36.6 Å². The normalized spacial score (nSPS) is 14.4. The Balaban J connectivity index is 1.40. The van der Waals surface area contributed by atoms with Crippen molar-refractivity contribution in [1.29, 1.82) is 0 Å². The molecule has 1 heterocycles. The predicted molar refractivity (Wildman–Crippen MR) is 136 cm³/mol. The molecule has 1 aliphatic carbocycles. The van der Waals surface area contributed by atoms with E-state index >= 15 is 0 Å². The fraction of sp³-hybridized carbons (Fsp3) is 0.385. The number of ether oxygens (including phenoxy) is 1. The zero-order chi connectivity index (χ0) is 23.8. The summed E-state index contributed by atoms with van der Waals surface area (Å²) in [6.45, 7) is 4.65. The van der Waals surface area contributed by atoms with Crippen LogP contribution in [0.3, 0.4) is 0 Å². The molecule has 1 saturated carbocycles. The molecule has 178 valence electrons. The Labute approximate surface area is 205 Å². The van der Waals surface area contributed by atoms with Gasteiger partial charge in [0.05, 0.1) is 18.6 Å². The Morgan fingerprint density at radius 1 is 1.12 bits per heavy atom. The average molecular weight is 478 g/mol. The molecule has 0 radical (unpaired) electrons. The monoisotopic (exact) mass is 477 g/mol. The van der Waals surface area contributed by atoms with Gasteiger partial charge >= 0.3 is 0 Å². The second-order valence-corrected chi connectivity index (χ2v) is 9.36. The van der Waals surface area contributed by atoms with E-state index in [0.717, 1.165) is 40.7 Å². The van der Waals surface area contributed by atoms with Gasteiger partial charge in [0.15, 0.2) is 11.0 Å². The number of nitrogens with zero attached hydrogens (tertiary/aromatic N) is 4. The van der Waals surface area contributed by atoms with Gasteiger partial charge in [-0.2, -0.15) is 5.10 Å². The van der Waals surface area contributed by atoms with E-state index in [1.54, 1.807) is 6.21 Å². The van der Waals surface area contributed by atoms with Gasteiger partial charge in [0.1, 0.15) is 5.75 Å². The molecule has 4 rings (SSSR count). The highest BCUT2D eigenvalue weighted by Crippen LogP contribution is 2.35. The first kappa shape index (κ1) is 24.0. The van der Waals surface area contributed by atoms with Gasteiger partial charge < -0.3 is 4.74 Å². The molecule has 1 N–H and O–H groups in total.